The zero-order valence-electron chi connectivity index (χ0n) is 23.9. The van der Waals surface area contributed by atoms with Crippen molar-refractivity contribution < 1.29 is 4.79 Å². The van der Waals surface area contributed by atoms with Gasteiger partial charge in [-0.05, 0) is 43.5 Å². The Hall–Kier alpha value is -0.760. The summed E-state index contributed by atoms with van der Waals surface area (Å²) in [6.07, 6.45) is 27.8. The topological polar surface area (TPSA) is 17.1 Å². The molecule has 1 nitrogen and oxygen atoms in total. The summed E-state index contributed by atoms with van der Waals surface area (Å²) in [5.41, 5.74) is 2.15. The lowest BCUT2D eigenvalue weighted by Crippen LogP contribution is -2.23. The van der Waals surface area contributed by atoms with E-state index >= 15 is 0 Å². The van der Waals surface area contributed by atoms with Crippen LogP contribution < -0.4 is 0 Å². The van der Waals surface area contributed by atoms with Crippen LogP contribution in [0.2, 0.25) is 0 Å². The van der Waals surface area contributed by atoms with Gasteiger partial charge in [-0.2, -0.15) is 0 Å². The van der Waals surface area contributed by atoms with Gasteiger partial charge >= 0.3 is 0 Å². The molecule has 2 heteroatoms. The molecular formula is C33H59OS+. The average molecular weight is 504 g/mol. The van der Waals surface area contributed by atoms with E-state index < -0.39 is 0 Å². The first-order chi connectivity index (χ1) is 17.2. The molecule has 35 heavy (non-hydrogen) atoms. The summed E-state index contributed by atoms with van der Waals surface area (Å²) in [5.74, 6) is 3.68. The van der Waals surface area contributed by atoms with Gasteiger partial charge in [-0.15, -0.1) is 0 Å². The molecule has 1 aromatic carbocycles. The maximum Gasteiger partial charge on any atom is 0.211 e. The van der Waals surface area contributed by atoms with Crippen molar-refractivity contribution in [3.05, 3.63) is 35.4 Å². The second kappa shape index (κ2) is 23.6. The van der Waals surface area contributed by atoms with Gasteiger partial charge in [-0.3, -0.25) is 4.79 Å². The van der Waals surface area contributed by atoms with Crippen LogP contribution in [0.5, 0.6) is 0 Å². The highest BCUT2D eigenvalue weighted by Gasteiger charge is 2.22. The van der Waals surface area contributed by atoms with Gasteiger partial charge in [-0.1, -0.05) is 146 Å². The molecule has 0 radical (unpaired) electrons. The Kier molecular flexibility index (Phi) is 21.8. The van der Waals surface area contributed by atoms with Crippen molar-refractivity contribution in [2.24, 2.45) is 0 Å². The molecule has 0 aromatic heterocycles. The van der Waals surface area contributed by atoms with Crippen molar-refractivity contribution >= 4 is 16.7 Å². The van der Waals surface area contributed by atoms with E-state index in [0.717, 1.165) is 11.3 Å². The molecule has 0 saturated heterocycles. The first-order valence-corrected chi connectivity index (χ1v) is 17.1. The first kappa shape index (κ1) is 32.3. The van der Waals surface area contributed by atoms with Gasteiger partial charge in [0.1, 0.15) is 11.5 Å². The second-order valence-electron chi connectivity index (χ2n) is 10.8. The lowest BCUT2D eigenvalue weighted by Gasteiger charge is -2.10. The molecule has 0 aliphatic carbocycles. The first-order valence-electron chi connectivity index (χ1n) is 15.4. The van der Waals surface area contributed by atoms with E-state index in [4.69, 9.17) is 0 Å². The van der Waals surface area contributed by atoms with Crippen molar-refractivity contribution in [3.8, 4) is 0 Å². The Labute approximate surface area is 223 Å². The predicted octanol–water partition coefficient (Wildman–Crippen LogP) is 10.6. The smallest absolute Gasteiger partial charge is 0.211 e. The highest BCUT2D eigenvalue weighted by atomic mass is 32.2. The third kappa shape index (κ3) is 19.1. The molecule has 0 aliphatic heterocycles. The Morgan fingerprint density at radius 2 is 0.886 bits per heavy atom. The molecular weight excluding hydrogens is 444 g/mol. The standard InChI is InChI=1S/C33H59OS/c1-4-6-8-10-12-14-16-18-20-22-28-35(30-33(34)32-26-24-31(3)25-27-32)29-23-21-19-17-15-13-11-9-7-5-2/h24-27H,4-23,28-30H2,1-3H3/q+1. The Morgan fingerprint density at radius 1 is 0.543 bits per heavy atom. The third-order valence-electron chi connectivity index (χ3n) is 7.28. The number of hydrogen-bond donors (Lipinski definition) is 0. The molecule has 0 heterocycles. The number of hydrogen-bond acceptors (Lipinski definition) is 1. The molecule has 0 spiro atoms. The van der Waals surface area contributed by atoms with Gasteiger partial charge in [-0.25, -0.2) is 0 Å². The molecule has 1 rings (SSSR count). The van der Waals surface area contributed by atoms with Crippen molar-refractivity contribution in [3.63, 3.8) is 0 Å². The molecule has 0 fully saturated rings. The van der Waals surface area contributed by atoms with Gasteiger partial charge in [0.25, 0.3) is 0 Å². The minimum absolute atomic E-state index is 0.265. The van der Waals surface area contributed by atoms with Crippen molar-refractivity contribution in [2.45, 2.75) is 149 Å². The Bertz CT molecular complexity index is 570. The van der Waals surface area contributed by atoms with E-state index in [1.54, 1.807) is 0 Å². The van der Waals surface area contributed by atoms with Crippen LogP contribution in [0, 0.1) is 6.92 Å². The molecule has 202 valence electrons. The van der Waals surface area contributed by atoms with Crippen LogP contribution in [0.3, 0.4) is 0 Å². The highest BCUT2D eigenvalue weighted by Crippen LogP contribution is 2.16. The van der Waals surface area contributed by atoms with E-state index in [0.29, 0.717) is 5.78 Å². The van der Waals surface area contributed by atoms with Gasteiger partial charge < -0.3 is 0 Å². The summed E-state index contributed by atoms with van der Waals surface area (Å²) in [7, 11) is 0.265. The third-order valence-corrected chi connectivity index (χ3v) is 9.68. The van der Waals surface area contributed by atoms with Crippen molar-refractivity contribution in [1.82, 2.24) is 0 Å². The summed E-state index contributed by atoms with van der Waals surface area (Å²) < 4.78 is 0. The number of benzene rings is 1. The zero-order valence-corrected chi connectivity index (χ0v) is 24.7. The highest BCUT2D eigenvalue weighted by molar-refractivity contribution is 7.97. The van der Waals surface area contributed by atoms with Crippen LogP contribution in [0.4, 0.5) is 0 Å². The molecule has 1 aromatic rings. The summed E-state index contributed by atoms with van der Waals surface area (Å²) >= 11 is 0. The maximum absolute atomic E-state index is 12.9. The van der Waals surface area contributed by atoms with Gasteiger partial charge in [0.2, 0.25) is 5.78 Å². The fourth-order valence-electron chi connectivity index (χ4n) is 4.84. The van der Waals surface area contributed by atoms with Gasteiger partial charge in [0.05, 0.1) is 0 Å². The maximum atomic E-state index is 12.9. The number of aryl methyl sites for hydroxylation is 1. The van der Waals surface area contributed by atoms with Crippen molar-refractivity contribution in [2.75, 3.05) is 17.3 Å². The van der Waals surface area contributed by atoms with Gasteiger partial charge in [0.15, 0.2) is 5.75 Å². The summed E-state index contributed by atoms with van der Waals surface area (Å²) in [5, 5.41) is 0. The van der Waals surface area contributed by atoms with E-state index in [2.05, 4.69) is 32.9 Å². The molecule has 0 N–H and O–H groups in total. The van der Waals surface area contributed by atoms with Crippen LogP contribution in [-0.2, 0) is 10.9 Å². The molecule has 0 saturated carbocycles. The summed E-state index contributed by atoms with van der Waals surface area (Å²) in [4.78, 5) is 12.9. The van der Waals surface area contributed by atoms with Crippen LogP contribution in [0.1, 0.15) is 158 Å². The summed E-state index contributed by atoms with van der Waals surface area (Å²) in [6, 6.07) is 8.21. The number of unbranched alkanes of at least 4 members (excludes halogenated alkanes) is 18. The van der Waals surface area contributed by atoms with Crippen molar-refractivity contribution in [1.29, 1.82) is 0 Å². The van der Waals surface area contributed by atoms with Crippen LogP contribution in [0.15, 0.2) is 24.3 Å². The van der Waals surface area contributed by atoms with Gasteiger partial charge in [0, 0.05) is 5.56 Å². The molecule has 0 atom stereocenters. The quantitative estimate of drug-likeness (QED) is 0.0736. The minimum atomic E-state index is 0.265. The molecule has 0 unspecified atom stereocenters. The van der Waals surface area contributed by atoms with E-state index in [9.17, 15) is 4.79 Å². The molecule has 0 aliphatic rings. The fourth-order valence-corrected chi connectivity index (χ4v) is 7.10. The molecule has 0 bridgehead atoms. The fraction of sp³-hybridized carbons (Fsp3) is 0.788. The SMILES string of the molecule is CCCCCCCCCCCC[S+](CCCCCCCCCCCC)CC(=O)c1ccc(C)cc1. The monoisotopic (exact) mass is 503 g/mol. The number of carbonyl (C=O) groups is 1. The minimum Gasteiger partial charge on any atom is -0.289 e. The lowest BCUT2D eigenvalue weighted by molar-refractivity contribution is 0.102. The number of Topliss-reactive ketones (excluding diaryl/α,β-unsaturated/α-hetero) is 1. The normalized spacial score (nSPS) is 11.4. The Morgan fingerprint density at radius 3 is 1.26 bits per heavy atom. The van der Waals surface area contributed by atoms with Crippen LogP contribution >= 0.6 is 0 Å². The average Bonchev–Trinajstić information content (AvgIpc) is 2.86. The number of ketones is 1. The Balaban J connectivity index is 2.26. The summed E-state index contributed by atoms with van der Waals surface area (Å²) in [6.45, 7) is 6.67. The zero-order chi connectivity index (χ0) is 25.4. The molecule has 0 amide bonds. The lowest BCUT2D eigenvalue weighted by atomic mass is 10.1. The van der Waals surface area contributed by atoms with E-state index in [1.165, 1.54) is 145 Å². The predicted molar refractivity (Wildman–Crippen MR) is 161 cm³/mol. The number of rotatable bonds is 25. The van der Waals surface area contributed by atoms with E-state index in [-0.39, 0.29) is 10.9 Å². The second-order valence-corrected chi connectivity index (χ2v) is 13.1. The number of carbonyl (C=O) groups excluding carboxylic acids is 1. The van der Waals surface area contributed by atoms with Crippen LogP contribution in [-0.4, -0.2) is 23.0 Å². The largest absolute Gasteiger partial charge is 0.289 e. The van der Waals surface area contributed by atoms with E-state index in [1.807, 2.05) is 12.1 Å². The van der Waals surface area contributed by atoms with Crippen LogP contribution in [0.25, 0.3) is 0 Å².